The number of esters is 1. The second-order valence-corrected chi connectivity index (χ2v) is 10.6. The van der Waals surface area contributed by atoms with Crippen LogP contribution in [0.25, 0.3) is 0 Å². The summed E-state index contributed by atoms with van der Waals surface area (Å²) in [6.45, 7) is 5.95. The van der Waals surface area contributed by atoms with E-state index in [-0.39, 0.29) is 47.0 Å². The lowest BCUT2D eigenvalue weighted by Crippen LogP contribution is -2.63. The summed E-state index contributed by atoms with van der Waals surface area (Å²) < 4.78 is 5.91. The Morgan fingerprint density at radius 1 is 1.23 bits per heavy atom. The maximum absolute atomic E-state index is 13.1. The molecule has 0 aliphatic heterocycles. The van der Waals surface area contributed by atoms with E-state index in [1.807, 2.05) is 13.0 Å². The van der Waals surface area contributed by atoms with Crippen LogP contribution in [-0.4, -0.2) is 40.2 Å². The van der Waals surface area contributed by atoms with Gasteiger partial charge in [-0.05, 0) is 67.8 Å². The van der Waals surface area contributed by atoms with Crippen molar-refractivity contribution in [2.75, 3.05) is 5.88 Å². The van der Waals surface area contributed by atoms with Crippen LogP contribution in [0.5, 0.6) is 0 Å². The highest BCUT2D eigenvalue weighted by Crippen LogP contribution is 2.68. The highest BCUT2D eigenvalue weighted by atomic mass is 35.5. The first-order valence-corrected chi connectivity index (χ1v) is 11.9. The number of rotatable bonds is 4. The zero-order valence-electron chi connectivity index (χ0n) is 18.2. The molecule has 4 rings (SSSR count). The van der Waals surface area contributed by atoms with Crippen LogP contribution in [0, 0.1) is 28.6 Å². The number of allylic oxidation sites excluding steroid dienone is 1. The van der Waals surface area contributed by atoms with Crippen LogP contribution in [0.4, 0.5) is 0 Å². The minimum absolute atomic E-state index is 0.0625. The predicted octanol–water partition coefficient (Wildman–Crippen LogP) is 3.99. The molecule has 3 fully saturated rings. The van der Waals surface area contributed by atoms with Crippen LogP contribution in [0.3, 0.4) is 0 Å². The fourth-order valence-corrected chi connectivity index (χ4v) is 7.95. The van der Waals surface area contributed by atoms with Crippen molar-refractivity contribution in [2.24, 2.45) is 28.6 Å². The summed E-state index contributed by atoms with van der Waals surface area (Å²) in [5, 5.41) is 11.5. The standard InChI is InChI=1S/C24H33ClO5/c1-4-20(29)30-24(19(28)13-25)10-8-17-16-6-5-14-11-15(26)7-9-22(14,2)21(16)18(27)12-23(17,24)3/h11,16-18,21,27H,4-10,12-13H2,1-3H3/t16-,17-,18-,21+,22-,23-,24+/m0/s1. The molecule has 4 aliphatic carbocycles. The predicted molar refractivity (Wildman–Crippen MR) is 113 cm³/mol. The van der Waals surface area contributed by atoms with E-state index in [2.05, 4.69) is 6.92 Å². The van der Waals surface area contributed by atoms with E-state index in [0.717, 1.165) is 25.7 Å². The number of ether oxygens (including phenoxy) is 1. The smallest absolute Gasteiger partial charge is 0.306 e. The monoisotopic (exact) mass is 436 g/mol. The van der Waals surface area contributed by atoms with Gasteiger partial charge in [-0.25, -0.2) is 0 Å². The molecule has 0 radical (unpaired) electrons. The van der Waals surface area contributed by atoms with Gasteiger partial charge in [0.25, 0.3) is 0 Å². The van der Waals surface area contributed by atoms with Gasteiger partial charge in [0.2, 0.25) is 0 Å². The molecule has 0 aromatic heterocycles. The maximum atomic E-state index is 13.1. The zero-order chi connectivity index (χ0) is 21.9. The molecule has 1 N–H and O–H groups in total. The first kappa shape index (κ1) is 22.0. The van der Waals surface area contributed by atoms with Crippen LogP contribution in [-0.2, 0) is 19.1 Å². The van der Waals surface area contributed by atoms with Crippen molar-refractivity contribution < 1.29 is 24.2 Å². The van der Waals surface area contributed by atoms with Crippen molar-refractivity contribution in [3.63, 3.8) is 0 Å². The third kappa shape index (κ3) is 2.87. The van der Waals surface area contributed by atoms with Crippen molar-refractivity contribution in [3.8, 4) is 0 Å². The van der Waals surface area contributed by atoms with Gasteiger partial charge in [-0.3, -0.25) is 14.4 Å². The molecule has 0 amide bonds. The van der Waals surface area contributed by atoms with Gasteiger partial charge in [-0.2, -0.15) is 0 Å². The number of hydrogen-bond donors (Lipinski definition) is 1. The molecular formula is C24H33ClO5. The summed E-state index contributed by atoms with van der Waals surface area (Å²) >= 11 is 6.00. The van der Waals surface area contributed by atoms with E-state index in [0.29, 0.717) is 19.3 Å². The van der Waals surface area contributed by atoms with Crippen molar-refractivity contribution >= 4 is 29.1 Å². The lowest BCUT2D eigenvalue weighted by molar-refractivity contribution is -0.199. The molecule has 3 saturated carbocycles. The SMILES string of the molecule is CCC(=O)O[C@@]1(C(=O)CCl)CC[C@H]2[C@@H]3CCC4=CC(=O)CC[C@]4(C)[C@H]3[C@@H](O)C[C@@]21C. The van der Waals surface area contributed by atoms with Crippen LogP contribution < -0.4 is 0 Å². The van der Waals surface area contributed by atoms with Gasteiger partial charge in [-0.1, -0.05) is 26.3 Å². The van der Waals surface area contributed by atoms with E-state index in [9.17, 15) is 19.5 Å². The maximum Gasteiger partial charge on any atom is 0.306 e. The summed E-state index contributed by atoms with van der Waals surface area (Å²) in [5.74, 6) is -0.164. The third-order valence-corrected chi connectivity index (χ3v) is 9.41. The number of carbonyl (C=O) groups is 3. The number of ketones is 2. The highest BCUT2D eigenvalue weighted by molar-refractivity contribution is 6.29. The molecule has 4 aliphatic rings. The van der Waals surface area contributed by atoms with Crippen LogP contribution in [0.2, 0.25) is 0 Å². The van der Waals surface area contributed by atoms with Gasteiger partial charge in [0.1, 0.15) is 0 Å². The minimum Gasteiger partial charge on any atom is -0.450 e. The Morgan fingerprint density at radius 3 is 2.63 bits per heavy atom. The molecule has 30 heavy (non-hydrogen) atoms. The van der Waals surface area contributed by atoms with E-state index >= 15 is 0 Å². The lowest BCUT2D eigenvalue weighted by atomic mass is 9.45. The Bertz CT molecular complexity index is 805. The van der Waals surface area contributed by atoms with Gasteiger partial charge in [-0.15, -0.1) is 11.6 Å². The summed E-state index contributed by atoms with van der Waals surface area (Å²) in [6, 6.07) is 0. The van der Waals surface area contributed by atoms with Crippen molar-refractivity contribution in [2.45, 2.75) is 83.8 Å². The van der Waals surface area contributed by atoms with Gasteiger partial charge in [0, 0.05) is 18.3 Å². The highest BCUT2D eigenvalue weighted by Gasteiger charge is 2.70. The molecule has 0 unspecified atom stereocenters. The molecule has 0 aromatic carbocycles. The molecule has 166 valence electrons. The number of aliphatic hydroxyl groups excluding tert-OH is 1. The number of alkyl halides is 1. The van der Waals surface area contributed by atoms with Gasteiger partial charge >= 0.3 is 5.97 Å². The number of fused-ring (bicyclic) bond motifs is 5. The summed E-state index contributed by atoms with van der Waals surface area (Å²) in [7, 11) is 0. The number of aliphatic hydroxyl groups is 1. The minimum atomic E-state index is -1.25. The lowest BCUT2D eigenvalue weighted by Gasteiger charge is -2.60. The molecule has 0 saturated heterocycles. The normalized spacial score (nSPS) is 45.1. The number of Topliss-reactive ketones (excluding diaryl/α,β-unsaturated/α-hetero) is 1. The van der Waals surface area contributed by atoms with E-state index in [1.54, 1.807) is 6.92 Å². The Balaban J connectivity index is 1.75. The van der Waals surface area contributed by atoms with E-state index in [4.69, 9.17) is 16.3 Å². The molecule has 0 bridgehead atoms. The summed E-state index contributed by atoms with van der Waals surface area (Å²) in [4.78, 5) is 37.5. The van der Waals surface area contributed by atoms with Crippen molar-refractivity contribution in [3.05, 3.63) is 11.6 Å². The quantitative estimate of drug-likeness (QED) is 0.532. The number of halogens is 1. The van der Waals surface area contributed by atoms with Crippen molar-refractivity contribution in [1.29, 1.82) is 0 Å². The van der Waals surface area contributed by atoms with Gasteiger partial charge in [0.05, 0.1) is 12.0 Å². The fourth-order valence-electron chi connectivity index (χ4n) is 7.73. The molecule has 7 atom stereocenters. The van der Waals surface area contributed by atoms with Crippen LogP contribution in [0.15, 0.2) is 11.6 Å². The Labute approximate surface area is 183 Å². The first-order chi connectivity index (χ1) is 14.1. The Hall–Kier alpha value is -1.20. The third-order valence-electron chi connectivity index (χ3n) is 9.16. The largest absolute Gasteiger partial charge is 0.450 e. The number of carbonyl (C=O) groups excluding carboxylic acids is 3. The van der Waals surface area contributed by atoms with Gasteiger partial charge < -0.3 is 9.84 Å². The first-order valence-electron chi connectivity index (χ1n) is 11.4. The second kappa shape index (κ2) is 7.44. The molecule has 5 nitrogen and oxygen atoms in total. The summed E-state index contributed by atoms with van der Waals surface area (Å²) in [6.07, 6.45) is 6.13. The average Bonchev–Trinajstić information content (AvgIpc) is 3.00. The van der Waals surface area contributed by atoms with Crippen LogP contribution in [0.1, 0.15) is 72.1 Å². The molecule has 0 aromatic rings. The van der Waals surface area contributed by atoms with E-state index in [1.165, 1.54) is 5.57 Å². The zero-order valence-corrected chi connectivity index (χ0v) is 19.0. The van der Waals surface area contributed by atoms with Crippen molar-refractivity contribution in [1.82, 2.24) is 0 Å². The molecular weight excluding hydrogens is 404 g/mol. The topological polar surface area (TPSA) is 80.7 Å². The second-order valence-electron chi connectivity index (χ2n) is 10.3. The van der Waals surface area contributed by atoms with Gasteiger partial charge in [0.15, 0.2) is 17.2 Å². The average molecular weight is 437 g/mol. The molecule has 0 heterocycles. The molecule has 6 heteroatoms. The van der Waals surface area contributed by atoms with E-state index < -0.39 is 23.1 Å². The summed E-state index contributed by atoms with van der Waals surface area (Å²) in [5.41, 5.74) is -0.884. The molecule has 0 spiro atoms. The number of hydrogen-bond acceptors (Lipinski definition) is 5. The Kier molecular flexibility index (Phi) is 5.46. The fraction of sp³-hybridized carbons (Fsp3) is 0.792. The Morgan fingerprint density at radius 2 is 1.97 bits per heavy atom. The van der Waals surface area contributed by atoms with Crippen LogP contribution >= 0.6 is 11.6 Å².